The highest BCUT2D eigenvalue weighted by Crippen LogP contribution is 2.14. The van der Waals surface area contributed by atoms with Crippen molar-refractivity contribution >= 4 is 5.82 Å². The fraction of sp³-hybridized carbons (Fsp3) is 0.583. The standard InChI is InChI=1S/C12H19N3O/c1-2-11-9-16-7-6-15(11)8-10-4-3-5-12(13)14-10/h3-5,11H,2,6-9H2,1H3,(H2,13,14). The van der Waals surface area contributed by atoms with Crippen LogP contribution in [-0.4, -0.2) is 35.7 Å². The van der Waals surface area contributed by atoms with Gasteiger partial charge in [0.15, 0.2) is 0 Å². The first-order valence-electron chi connectivity index (χ1n) is 5.83. The molecule has 0 aromatic carbocycles. The number of anilines is 1. The third-order valence-electron chi connectivity index (χ3n) is 3.01. The van der Waals surface area contributed by atoms with E-state index in [1.165, 1.54) is 0 Å². The Morgan fingerprint density at radius 2 is 2.44 bits per heavy atom. The molecule has 16 heavy (non-hydrogen) atoms. The van der Waals surface area contributed by atoms with Gasteiger partial charge in [0, 0.05) is 19.1 Å². The van der Waals surface area contributed by atoms with Gasteiger partial charge < -0.3 is 10.5 Å². The zero-order valence-electron chi connectivity index (χ0n) is 9.72. The largest absolute Gasteiger partial charge is 0.384 e. The molecule has 4 nitrogen and oxygen atoms in total. The zero-order chi connectivity index (χ0) is 11.4. The molecule has 1 aromatic rings. The Kier molecular flexibility index (Phi) is 3.74. The molecule has 0 bridgehead atoms. The second-order valence-electron chi connectivity index (χ2n) is 4.16. The van der Waals surface area contributed by atoms with Gasteiger partial charge in [-0.2, -0.15) is 0 Å². The molecule has 1 unspecified atom stereocenters. The summed E-state index contributed by atoms with van der Waals surface area (Å²) in [7, 11) is 0. The third kappa shape index (κ3) is 2.71. The summed E-state index contributed by atoms with van der Waals surface area (Å²) >= 11 is 0. The highest BCUT2D eigenvalue weighted by atomic mass is 16.5. The van der Waals surface area contributed by atoms with Crippen LogP contribution in [0, 0.1) is 0 Å². The lowest BCUT2D eigenvalue weighted by molar-refractivity contribution is -0.0132. The molecule has 0 radical (unpaired) electrons. The summed E-state index contributed by atoms with van der Waals surface area (Å²) in [5.74, 6) is 0.596. The molecule has 2 N–H and O–H groups in total. The number of ether oxygens (including phenoxy) is 1. The van der Waals surface area contributed by atoms with Gasteiger partial charge >= 0.3 is 0 Å². The highest BCUT2D eigenvalue weighted by Gasteiger charge is 2.21. The number of nitrogens with two attached hydrogens (primary N) is 1. The Labute approximate surface area is 96.4 Å². The van der Waals surface area contributed by atoms with Crippen molar-refractivity contribution in [3.8, 4) is 0 Å². The first-order chi connectivity index (χ1) is 7.79. The van der Waals surface area contributed by atoms with Crippen molar-refractivity contribution in [3.63, 3.8) is 0 Å². The normalized spacial score (nSPS) is 22.2. The Bertz CT molecular complexity index is 343. The number of pyridine rings is 1. The smallest absolute Gasteiger partial charge is 0.123 e. The van der Waals surface area contributed by atoms with E-state index < -0.39 is 0 Å². The predicted octanol–water partition coefficient (Wildman–Crippen LogP) is 1.27. The van der Waals surface area contributed by atoms with Gasteiger partial charge in [-0.1, -0.05) is 13.0 Å². The molecule has 0 amide bonds. The Morgan fingerprint density at radius 3 is 3.19 bits per heavy atom. The van der Waals surface area contributed by atoms with Crippen LogP contribution in [0.3, 0.4) is 0 Å². The van der Waals surface area contributed by atoms with Crippen LogP contribution in [0.25, 0.3) is 0 Å². The first kappa shape index (κ1) is 11.4. The Balaban J connectivity index is 2.02. The van der Waals surface area contributed by atoms with Crippen molar-refractivity contribution in [2.45, 2.75) is 25.9 Å². The van der Waals surface area contributed by atoms with Gasteiger partial charge in [0.05, 0.1) is 18.9 Å². The monoisotopic (exact) mass is 221 g/mol. The van der Waals surface area contributed by atoms with Crippen LogP contribution in [0.15, 0.2) is 18.2 Å². The third-order valence-corrected chi connectivity index (χ3v) is 3.01. The van der Waals surface area contributed by atoms with Gasteiger partial charge in [0.2, 0.25) is 0 Å². The quantitative estimate of drug-likeness (QED) is 0.835. The van der Waals surface area contributed by atoms with Crippen molar-refractivity contribution < 1.29 is 4.74 Å². The predicted molar refractivity (Wildman–Crippen MR) is 64.0 cm³/mol. The first-order valence-corrected chi connectivity index (χ1v) is 5.83. The summed E-state index contributed by atoms with van der Waals surface area (Å²) in [6, 6.07) is 6.31. The van der Waals surface area contributed by atoms with Crippen molar-refractivity contribution in [1.29, 1.82) is 0 Å². The maximum Gasteiger partial charge on any atom is 0.123 e. The number of rotatable bonds is 3. The minimum atomic E-state index is 0.511. The van der Waals surface area contributed by atoms with Crippen molar-refractivity contribution in [3.05, 3.63) is 23.9 Å². The Morgan fingerprint density at radius 1 is 1.56 bits per heavy atom. The van der Waals surface area contributed by atoms with E-state index in [1.807, 2.05) is 18.2 Å². The molecule has 2 heterocycles. The molecule has 88 valence electrons. The van der Waals surface area contributed by atoms with Crippen LogP contribution < -0.4 is 5.73 Å². The van der Waals surface area contributed by atoms with Gasteiger partial charge in [-0.25, -0.2) is 4.98 Å². The van der Waals surface area contributed by atoms with Gasteiger partial charge in [0.25, 0.3) is 0 Å². The number of hydrogen-bond donors (Lipinski definition) is 1. The summed E-state index contributed by atoms with van der Waals surface area (Å²) in [5, 5.41) is 0. The van der Waals surface area contributed by atoms with Crippen LogP contribution in [0.4, 0.5) is 5.82 Å². The molecular weight excluding hydrogens is 202 g/mol. The topological polar surface area (TPSA) is 51.4 Å². The minimum Gasteiger partial charge on any atom is -0.384 e. The second-order valence-corrected chi connectivity index (χ2v) is 4.16. The van der Waals surface area contributed by atoms with Crippen molar-refractivity contribution in [1.82, 2.24) is 9.88 Å². The fourth-order valence-electron chi connectivity index (χ4n) is 2.07. The summed E-state index contributed by atoms with van der Waals surface area (Å²) in [6.45, 7) is 5.69. The SMILES string of the molecule is CCC1COCCN1Cc1cccc(N)n1. The van der Waals surface area contributed by atoms with E-state index in [2.05, 4.69) is 16.8 Å². The van der Waals surface area contributed by atoms with E-state index in [0.717, 1.165) is 38.4 Å². The molecule has 1 aliphatic heterocycles. The minimum absolute atomic E-state index is 0.511. The highest BCUT2D eigenvalue weighted by molar-refractivity contribution is 5.28. The lowest BCUT2D eigenvalue weighted by atomic mass is 10.1. The summed E-state index contributed by atoms with van der Waals surface area (Å²) < 4.78 is 5.48. The van der Waals surface area contributed by atoms with E-state index in [1.54, 1.807) is 0 Å². The van der Waals surface area contributed by atoms with E-state index in [4.69, 9.17) is 10.5 Å². The molecular formula is C12H19N3O. The van der Waals surface area contributed by atoms with Gasteiger partial charge in [-0.05, 0) is 18.6 Å². The molecule has 1 aliphatic rings. The number of aromatic nitrogens is 1. The second kappa shape index (κ2) is 5.27. The van der Waals surface area contributed by atoms with E-state index >= 15 is 0 Å². The molecule has 2 rings (SSSR count). The molecule has 1 aromatic heterocycles. The lowest BCUT2D eigenvalue weighted by Crippen LogP contribution is -2.44. The molecule has 1 atom stereocenters. The van der Waals surface area contributed by atoms with Crippen LogP contribution in [0.5, 0.6) is 0 Å². The fourth-order valence-corrected chi connectivity index (χ4v) is 2.07. The van der Waals surface area contributed by atoms with E-state index in [0.29, 0.717) is 11.9 Å². The zero-order valence-corrected chi connectivity index (χ0v) is 9.72. The molecule has 0 saturated carbocycles. The van der Waals surface area contributed by atoms with Crippen LogP contribution in [-0.2, 0) is 11.3 Å². The molecule has 1 fully saturated rings. The average molecular weight is 221 g/mol. The van der Waals surface area contributed by atoms with E-state index in [9.17, 15) is 0 Å². The van der Waals surface area contributed by atoms with Gasteiger partial charge in [-0.3, -0.25) is 4.90 Å². The van der Waals surface area contributed by atoms with Gasteiger partial charge in [-0.15, -0.1) is 0 Å². The van der Waals surface area contributed by atoms with Crippen molar-refractivity contribution in [2.24, 2.45) is 0 Å². The number of hydrogen-bond acceptors (Lipinski definition) is 4. The van der Waals surface area contributed by atoms with Gasteiger partial charge in [0.1, 0.15) is 5.82 Å². The molecule has 0 spiro atoms. The molecule has 0 aliphatic carbocycles. The molecule has 1 saturated heterocycles. The Hall–Kier alpha value is -1.13. The number of morpholine rings is 1. The average Bonchev–Trinajstić information content (AvgIpc) is 2.30. The van der Waals surface area contributed by atoms with E-state index in [-0.39, 0.29) is 0 Å². The number of nitrogens with zero attached hydrogens (tertiary/aromatic N) is 2. The van der Waals surface area contributed by atoms with Crippen LogP contribution in [0.2, 0.25) is 0 Å². The van der Waals surface area contributed by atoms with Crippen LogP contribution >= 0.6 is 0 Å². The maximum atomic E-state index is 5.68. The molecule has 4 heteroatoms. The number of nitrogen functional groups attached to an aromatic ring is 1. The summed E-state index contributed by atoms with van der Waals surface area (Å²) in [6.07, 6.45) is 1.11. The summed E-state index contributed by atoms with van der Waals surface area (Å²) in [5.41, 5.74) is 6.72. The summed E-state index contributed by atoms with van der Waals surface area (Å²) in [4.78, 5) is 6.75. The lowest BCUT2D eigenvalue weighted by Gasteiger charge is -2.34. The maximum absolute atomic E-state index is 5.68. The van der Waals surface area contributed by atoms with Crippen LogP contribution in [0.1, 0.15) is 19.0 Å². The van der Waals surface area contributed by atoms with Crippen molar-refractivity contribution in [2.75, 3.05) is 25.5 Å².